The van der Waals surface area contributed by atoms with E-state index in [1.54, 1.807) is 7.05 Å². The van der Waals surface area contributed by atoms with Crippen molar-refractivity contribution in [3.63, 3.8) is 0 Å². The average Bonchev–Trinajstić information content (AvgIpc) is 2.77. The second kappa shape index (κ2) is 5.65. The fraction of sp³-hybridized carbons (Fsp3) is 0.200. The predicted octanol–water partition coefficient (Wildman–Crippen LogP) is 0.662. The number of nitrogens with one attached hydrogen (secondary N) is 1. The molecule has 0 fully saturated rings. The van der Waals surface area contributed by atoms with Crippen LogP contribution in [0.15, 0.2) is 23.4 Å². The summed E-state index contributed by atoms with van der Waals surface area (Å²) in [6, 6.07) is 3.98. The molecule has 1 aromatic carbocycles. The molecule has 1 amide bonds. The Morgan fingerprint density at radius 1 is 1.58 bits per heavy atom. The number of anilines is 2. The van der Waals surface area contributed by atoms with Crippen LogP contribution in [-0.4, -0.2) is 31.9 Å². The quantitative estimate of drug-likeness (QED) is 0.631. The van der Waals surface area contributed by atoms with Gasteiger partial charge in [-0.2, -0.15) is 0 Å². The monoisotopic (exact) mass is 282 g/mol. The van der Waals surface area contributed by atoms with Gasteiger partial charge in [-0.05, 0) is 28.6 Å². The minimum Gasteiger partial charge on any atom is -0.399 e. The lowest BCUT2D eigenvalue weighted by Crippen LogP contribution is -2.15. The second-order valence-electron chi connectivity index (χ2n) is 3.66. The van der Waals surface area contributed by atoms with Crippen LogP contribution in [0.25, 0.3) is 0 Å². The third-order valence-corrected chi connectivity index (χ3v) is 3.19. The van der Waals surface area contributed by atoms with Crippen LogP contribution in [0.3, 0.4) is 0 Å². The Kier molecular flexibility index (Phi) is 3.95. The smallest absolute Gasteiger partial charge is 0.234 e. The van der Waals surface area contributed by atoms with Gasteiger partial charge in [0.05, 0.1) is 11.4 Å². The molecule has 7 nitrogen and oxygen atoms in total. The molecule has 2 rings (SSSR count). The molecule has 0 aliphatic heterocycles. The Morgan fingerprint density at radius 3 is 3.05 bits per heavy atom. The van der Waals surface area contributed by atoms with Crippen molar-refractivity contribution in [2.24, 2.45) is 7.05 Å². The highest BCUT2D eigenvalue weighted by molar-refractivity contribution is 7.99. The first-order chi connectivity index (χ1) is 9.06. The maximum absolute atomic E-state index is 13.4. The summed E-state index contributed by atoms with van der Waals surface area (Å²) in [7, 11) is 1.66. The fourth-order valence-corrected chi connectivity index (χ4v) is 1.95. The van der Waals surface area contributed by atoms with Gasteiger partial charge < -0.3 is 11.1 Å². The van der Waals surface area contributed by atoms with E-state index in [0.29, 0.717) is 10.8 Å². The maximum Gasteiger partial charge on any atom is 0.234 e. The number of aromatic nitrogens is 4. The van der Waals surface area contributed by atoms with Crippen molar-refractivity contribution < 1.29 is 9.18 Å². The van der Waals surface area contributed by atoms with Crippen LogP contribution in [0.4, 0.5) is 15.8 Å². The number of benzene rings is 1. The molecule has 2 aromatic rings. The number of tetrazole rings is 1. The number of rotatable bonds is 4. The molecule has 1 heterocycles. The van der Waals surface area contributed by atoms with Crippen LogP contribution in [0.2, 0.25) is 0 Å². The highest BCUT2D eigenvalue weighted by atomic mass is 32.2. The SMILES string of the molecule is Cn1nnnc1SCC(=O)Nc1cc(N)ccc1F. The van der Waals surface area contributed by atoms with Crippen LogP contribution in [-0.2, 0) is 11.8 Å². The Morgan fingerprint density at radius 2 is 2.37 bits per heavy atom. The number of nitrogen functional groups attached to an aromatic ring is 1. The highest BCUT2D eigenvalue weighted by Crippen LogP contribution is 2.18. The molecule has 1 aromatic heterocycles. The van der Waals surface area contributed by atoms with Crippen LogP contribution >= 0.6 is 11.8 Å². The van der Waals surface area contributed by atoms with E-state index < -0.39 is 5.82 Å². The van der Waals surface area contributed by atoms with E-state index in [9.17, 15) is 9.18 Å². The van der Waals surface area contributed by atoms with E-state index >= 15 is 0 Å². The van der Waals surface area contributed by atoms with Gasteiger partial charge in [-0.1, -0.05) is 11.8 Å². The Balaban J connectivity index is 1.94. The minimum atomic E-state index is -0.534. The third kappa shape index (κ3) is 3.41. The van der Waals surface area contributed by atoms with E-state index in [1.165, 1.54) is 22.9 Å². The van der Waals surface area contributed by atoms with Crippen molar-refractivity contribution in [2.75, 3.05) is 16.8 Å². The van der Waals surface area contributed by atoms with Crippen molar-refractivity contribution in [2.45, 2.75) is 5.16 Å². The van der Waals surface area contributed by atoms with Crippen molar-refractivity contribution in [3.05, 3.63) is 24.0 Å². The van der Waals surface area contributed by atoms with Crippen LogP contribution < -0.4 is 11.1 Å². The first kappa shape index (κ1) is 13.3. The number of hydrogen-bond donors (Lipinski definition) is 2. The van der Waals surface area contributed by atoms with E-state index in [4.69, 9.17) is 5.73 Å². The maximum atomic E-state index is 13.4. The van der Waals surface area contributed by atoms with E-state index in [-0.39, 0.29) is 17.3 Å². The van der Waals surface area contributed by atoms with E-state index in [0.717, 1.165) is 11.8 Å². The summed E-state index contributed by atoms with van der Waals surface area (Å²) in [5.74, 6) is -0.826. The molecule has 0 radical (unpaired) electrons. The number of aryl methyl sites for hydroxylation is 1. The molecule has 0 aliphatic carbocycles. The molecule has 0 saturated heterocycles. The summed E-state index contributed by atoms with van der Waals surface area (Å²) in [6.45, 7) is 0. The number of nitrogens with zero attached hydrogens (tertiary/aromatic N) is 4. The number of nitrogens with two attached hydrogens (primary N) is 1. The molecular weight excluding hydrogens is 271 g/mol. The Hall–Kier alpha value is -2.16. The normalized spacial score (nSPS) is 10.4. The molecule has 100 valence electrons. The standard InChI is InChI=1S/C10H11FN6OS/c1-17-10(14-15-16-17)19-5-9(18)13-8-4-6(12)2-3-7(8)11/h2-4H,5,12H2,1H3,(H,13,18). The summed E-state index contributed by atoms with van der Waals surface area (Å²) >= 11 is 1.15. The number of carbonyl (C=O) groups is 1. The molecular formula is C10H11FN6OS. The summed E-state index contributed by atoms with van der Waals surface area (Å²) < 4.78 is 14.8. The number of carbonyl (C=O) groups excluding carboxylic acids is 1. The molecule has 0 bridgehead atoms. The number of hydrogen-bond acceptors (Lipinski definition) is 6. The molecule has 3 N–H and O–H groups in total. The number of amides is 1. The zero-order valence-corrected chi connectivity index (χ0v) is 10.8. The lowest BCUT2D eigenvalue weighted by molar-refractivity contribution is -0.113. The van der Waals surface area contributed by atoms with Crippen LogP contribution in [0, 0.1) is 5.82 Å². The Labute approximate surface area is 112 Å². The zero-order valence-electron chi connectivity index (χ0n) is 10.00. The summed E-state index contributed by atoms with van der Waals surface area (Å²) in [5.41, 5.74) is 5.96. The van der Waals surface area contributed by atoms with Crippen molar-refractivity contribution in [1.29, 1.82) is 0 Å². The van der Waals surface area contributed by atoms with Gasteiger partial charge in [-0.15, -0.1) is 5.10 Å². The molecule has 0 atom stereocenters. The highest BCUT2D eigenvalue weighted by Gasteiger charge is 2.10. The topological polar surface area (TPSA) is 98.7 Å². The third-order valence-electron chi connectivity index (χ3n) is 2.18. The van der Waals surface area contributed by atoms with E-state index in [1.807, 2.05) is 0 Å². The Bertz CT molecular complexity index is 601. The molecule has 0 spiro atoms. The second-order valence-corrected chi connectivity index (χ2v) is 4.60. The van der Waals surface area contributed by atoms with Gasteiger partial charge >= 0.3 is 0 Å². The lowest BCUT2D eigenvalue weighted by Gasteiger charge is -2.06. The zero-order chi connectivity index (χ0) is 13.8. The van der Waals surface area contributed by atoms with Gasteiger partial charge in [0.2, 0.25) is 11.1 Å². The fourth-order valence-electron chi connectivity index (χ4n) is 1.30. The summed E-state index contributed by atoms with van der Waals surface area (Å²) in [4.78, 5) is 11.7. The van der Waals surface area contributed by atoms with Gasteiger partial charge in [0.15, 0.2) is 0 Å². The van der Waals surface area contributed by atoms with E-state index in [2.05, 4.69) is 20.8 Å². The van der Waals surface area contributed by atoms with Crippen LogP contribution in [0.1, 0.15) is 0 Å². The van der Waals surface area contributed by atoms with Crippen molar-refractivity contribution >= 4 is 29.0 Å². The largest absolute Gasteiger partial charge is 0.399 e. The minimum absolute atomic E-state index is 0.0571. The number of halogens is 1. The first-order valence-electron chi connectivity index (χ1n) is 5.26. The summed E-state index contributed by atoms with van der Waals surface area (Å²) in [6.07, 6.45) is 0. The molecule has 9 heteroatoms. The van der Waals surface area contributed by atoms with Crippen molar-refractivity contribution in [1.82, 2.24) is 20.2 Å². The first-order valence-corrected chi connectivity index (χ1v) is 6.25. The molecule has 19 heavy (non-hydrogen) atoms. The van der Waals surface area contributed by atoms with Gasteiger partial charge in [-0.3, -0.25) is 4.79 Å². The predicted molar refractivity (Wildman–Crippen MR) is 69.0 cm³/mol. The van der Waals surface area contributed by atoms with Gasteiger partial charge in [0.1, 0.15) is 5.82 Å². The van der Waals surface area contributed by atoms with Crippen LogP contribution in [0.5, 0.6) is 0 Å². The van der Waals surface area contributed by atoms with Gasteiger partial charge in [0, 0.05) is 12.7 Å². The number of thioether (sulfide) groups is 1. The average molecular weight is 282 g/mol. The summed E-state index contributed by atoms with van der Waals surface area (Å²) in [5, 5.41) is 13.7. The molecule has 0 aliphatic rings. The van der Waals surface area contributed by atoms with Gasteiger partial charge in [0.25, 0.3) is 0 Å². The molecule has 0 saturated carbocycles. The van der Waals surface area contributed by atoms with Crippen molar-refractivity contribution in [3.8, 4) is 0 Å². The molecule has 0 unspecified atom stereocenters. The van der Waals surface area contributed by atoms with Gasteiger partial charge in [-0.25, -0.2) is 9.07 Å². The lowest BCUT2D eigenvalue weighted by atomic mass is 10.2.